The van der Waals surface area contributed by atoms with Gasteiger partial charge in [-0.15, -0.1) is 0 Å². The van der Waals surface area contributed by atoms with Gasteiger partial charge in [0.15, 0.2) is 0 Å². The van der Waals surface area contributed by atoms with Crippen LogP contribution >= 0.6 is 0 Å². The summed E-state index contributed by atoms with van der Waals surface area (Å²) in [5, 5.41) is 24.2. The highest BCUT2D eigenvalue weighted by atomic mass is 19.1. The van der Waals surface area contributed by atoms with Crippen molar-refractivity contribution in [2.75, 3.05) is 21.3 Å². The molecule has 3 N–H and O–H groups in total. The summed E-state index contributed by atoms with van der Waals surface area (Å²) >= 11 is 0. The molecule has 9 nitrogen and oxygen atoms in total. The van der Waals surface area contributed by atoms with Crippen LogP contribution in [0.5, 0.6) is 11.5 Å². The van der Waals surface area contributed by atoms with Crippen molar-refractivity contribution in [1.29, 1.82) is 0 Å². The van der Waals surface area contributed by atoms with Gasteiger partial charge in [-0.1, -0.05) is 48.5 Å². The molecule has 248 valence electrons. The van der Waals surface area contributed by atoms with Crippen LogP contribution in [0.15, 0.2) is 78.9 Å². The minimum absolute atomic E-state index is 0.109. The molecule has 3 aromatic carbocycles. The summed E-state index contributed by atoms with van der Waals surface area (Å²) in [6.45, 7) is 4.05. The molecule has 0 radical (unpaired) electrons. The van der Waals surface area contributed by atoms with Crippen molar-refractivity contribution in [3.8, 4) is 33.8 Å². The lowest BCUT2D eigenvalue weighted by Crippen LogP contribution is -2.27. The Morgan fingerprint density at radius 2 is 1.60 bits per heavy atom. The van der Waals surface area contributed by atoms with E-state index in [4.69, 9.17) is 9.47 Å². The fraction of sp³-hybridized carbons (Fsp3) is 0.297. The summed E-state index contributed by atoms with van der Waals surface area (Å²) < 4.78 is 31.5. The maximum atomic E-state index is 14.3. The Kier molecular flexibility index (Phi) is 11.9. The number of aromatic nitrogens is 1. The van der Waals surface area contributed by atoms with Crippen LogP contribution in [0.2, 0.25) is 0 Å². The van der Waals surface area contributed by atoms with E-state index in [1.54, 1.807) is 44.6 Å². The molecule has 0 bridgehead atoms. The third kappa shape index (κ3) is 8.46. The molecule has 0 aliphatic carbocycles. The van der Waals surface area contributed by atoms with E-state index in [0.717, 1.165) is 11.1 Å². The SMILES string of the molecule is COC(=O)C[C@H](O)C[C@H](O)/C=C/c1c(-c2ccc(F)cc2)c(-c2ccccc2)c(C(=O)NCc2ccc(OC)cc2OC)n1C(C)C. The first kappa shape index (κ1) is 34.9. The Labute approximate surface area is 274 Å². The number of benzene rings is 3. The van der Waals surface area contributed by atoms with Crippen molar-refractivity contribution < 1.29 is 38.4 Å². The zero-order valence-electron chi connectivity index (χ0n) is 27.2. The normalized spacial score (nSPS) is 12.6. The Balaban J connectivity index is 1.88. The molecule has 10 heteroatoms. The van der Waals surface area contributed by atoms with Crippen molar-refractivity contribution in [2.24, 2.45) is 0 Å². The average molecular weight is 645 g/mol. The molecule has 0 aliphatic rings. The van der Waals surface area contributed by atoms with Crippen LogP contribution in [0.4, 0.5) is 4.39 Å². The number of esters is 1. The van der Waals surface area contributed by atoms with Gasteiger partial charge in [0.2, 0.25) is 0 Å². The van der Waals surface area contributed by atoms with E-state index in [2.05, 4.69) is 10.1 Å². The van der Waals surface area contributed by atoms with E-state index in [1.165, 1.54) is 25.3 Å². The number of carbonyl (C=O) groups excluding carboxylic acids is 2. The van der Waals surface area contributed by atoms with Gasteiger partial charge < -0.3 is 34.3 Å². The third-order valence-electron chi connectivity index (χ3n) is 7.72. The number of amides is 1. The van der Waals surface area contributed by atoms with Gasteiger partial charge in [0, 0.05) is 47.5 Å². The van der Waals surface area contributed by atoms with Crippen molar-refractivity contribution in [3.05, 3.63) is 102 Å². The average Bonchev–Trinajstić information content (AvgIpc) is 3.42. The molecule has 47 heavy (non-hydrogen) atoms. The molecule has 0 spiro atoms. The largest absolute Gasteiger partial charge is 0.497 e. The number of ether oxygens (including phenoxy) is 3. The number of halogens is 1. The second kappa shape index (κ2) is 16.1. The second-order valence-electron chi connectivity index (χ2n) is 11.3. The maximum Gasteiger partial charge on any atom is 0.308 e. The number of rotatable bonds is 14. The van der Waals surface area contributed by atoms with Gasteiger partial charge in [-0.2, -0.15) is 0 Å². The molecule has 2 atom stereocenters. The van der Waals surface area contributed by atoms with Gasteiger partial charge in [0.25, 0.3) is 5.91 Å². The molecular formula is C37H41FN2O7. The molecular weight excluding hydrogens is 603 g/mol. The molecule has 1 aromatic heterocycles. The van der Waals surface area contributed by atoms with Crippen LogP contribution in [-0.4, -0.2) is 60.2 Å². The fourth-order valence-electron chi connectivity index (χ4n) is 5.50. The maximum absolute atomic E-state index is 14.3. The predicted molar refractivity (Wildman–Crippen MR) is 179 cm³/mol. The third-order valence-corrected chi connectivity index (χ3v) is 7.72. The van der Waals surface area contributed by atoms with E-state index in [-0.39, 0.29) is 31.3 Å². The van der Waals surface area contributed by atoms with Crippen LogP contribution in [0.25, 0.3) is 28.3 Å². The number of carbonyl (C=O) groups is 2. The first-order chi connectivity index (χ1) is 22.6. The van der Waals surface area contributed by atoms with E-state index < -0.39 is 24.0 Å². The van der Waals surface area contributed by atoms with Gasteiger partial charge in [-0.05, 0) is 55.3 Å². The summed E-state index contributed by atoms with van der Waals surface area (Å²) in [6, 6.07) is 20.6. The highest BCUT2D eigenvalue weighted by molar-refractivity contribution is 6.06. The van der Waals surface area contributed by atoms with Crippen molar-refractivity contribution in [3.63, 3.8) is 0 Å². The Bertz CT molecular complexity index is 1700. The zero-order chi connectivity index (χ0) is 34.1. The second-order valence-corrected chi connectivity index (χ2v) is 11.3. The summed E-state index contributed by atoms with van der Waals surface area (Å²) in [7, 11) is 4.34. The van der Waals surface area contributed by atoms with E-state index in [0.29, 0.717) is 39.6 Å². The highest BCUT2D eigenvalue weighted by Gasteiger charge is 2.29. The number of methoxy groups -OCH3 is 3. The molecule has 1 amide bonds. The summed E-state index contributed by atoms with van der Waals surface area (Å²) in [4.78, 5) is 25.9. The number of aliphatic hydroxyl groups excluding tert-OH is 2. The van der Waals surface area contributed by atoms with Gasteiger partial charge >= 0.3 is 5.97 Å². The Morgan fingerprint density at radius 3 is 2.21 bits per heavy atom. The van der Waals surface area contributed by atoms with Crippen molar-refractivity contribution >= 4 is 18.0 Å². The first-order valence-electron chi connectivity index (χ1n) is 15.3. The molecule has 0 saturated heterocycles. The Hall–Kier alpha value is -4.93. The van der Waals surface area contributed by atoms with Crippen LogP contribution in [0.3, 0.4) is 0 Å². The van der Waals surface area contributed by atoms with Gasteiger partial charge in [-0.3, -0.25) is 9.59 Å². The lowest BCUT2D eigenvalue weighted by molar-refractivity contribution is -0.143. The lowest BCUT2D eigenvalue weighted by atomic mass is 9.94. The molecule has 4 rings (SSSR count). The highest BCUT2D eigenvalue weighted by Crippen LogP contribution is 2.42. The van der Waals surface area contributed by atoms with Gasteiger partial charge in [0.1, 0.15) is 23.0 Å². The predicted octanol–water partition coefficient (Wildman–Crippen LogP) is 6.18. The van der Waals surface area contributed by atoms with Crippen molar-refractivity contribution in [2.45, 2.75) is 51.5 Å². The molecule has 4 aromatic rings. The summed E-state index contributed by atoms with van der Waals surface area (Å²) in [6.07, 6.45) is 0.608. The molecule has 0 unspecified atom stereocenters. The smallest absolute Gasteiger partial charge is 0.308 e. The van der Waals surface area contributed by atoms with Gasteiger partial charge in [0.05, 0.1) is 40.0 Å². The monoisotopic (exact) mass is 644 g/mol. The minimum atomic E-state index is -1.12. The quantitative estimate of drug-likeness (QED) is 0.140. The number of nitrogens with zero attached hydrogens (tertiary/aromatic N) is 1. The van der Waals surface area contributed by atoms with E-state index >= 15 is 0 Å². The standard InChI is InChI=1S/C37H41FN2O7/c1-23(2)40-31(18-16-28(41)19-29(42)20-33(43)47-5)34(25-11-14-27(38)15-12-25)35(24-9-7-6-8-10-24)36(40)37(44)39-22-26-13-17-30(45-3)21-32(26)46-4/h6-18,21,23,28-29,41-42H,19-20,22H2,1-5H3,(H,39,44)/b18-16+/t28-,29-/m1/s1. The number of hydrogen-bond donors (Lipinski definition) is 3. The van der Waals surface area contributed by atoms with E-state index in [9.17, 15) is 24.2 Å². The molecule has 1 heterocycles. The number of aliphatic hydroxyl groups is 2. The van der Waals surface area contributed by atoms with Crippen LogP contribution in [-0.2, 0) is 16.1 Å². The molecule has 0 aliphatic heterocycles. The van der Waals surface area contributed by atoms with Gasteiger partial charge in [-0.25, -0.2) is 4.39 Å². The fourth-order valence-corrected chi connectivity index (χ4v) is 5.50. The van der Waals surface area contributed by atoms with Crippen LogP contribution < -0.4 is 14.8 Å². The first-order valence-corrected chi connectivity index (χ1v) is 15.3. The molecule has 0 fully saturated rings. The zero-order valence-corrected chi connectivity index (χ0v) is 27.2. The van der Waals surface area contributed by atoms with Crippen molar-refractivity contribution in [1.82, 2.24) is 9.88 Å². The van der Waals surface area contributed by atoms with Crippen LogP contribution in [0, 0.1) is 5.82 Å². The molecule has 0 saturated carbocycles. The number of hydrogen-bond acceptors (Lipinski definition) is 7. The topological polar surface area (TPSA) is 119 Å². The lowest BCUT2D eigenvalue weighted by Gasteiger charge is -2.18. The number of nitrogens with one attached hydrogen (secondary N) is 1. The van der Waals surface area contributed by atoms with E-state index in [1.807, 2.05) is 54.8 Å². The Morgan fingerprint density at radius 1 is 0.915 bits per heavy atom. The van der Waals surface area contributed by atoms with Crippen LogP contribution in [0.1, 0.15) is 54.5 Å². The summed E-state index contributed by atoms with van der Waals surface area (Å²) in [5.74, 6) is -0.163. The minimum Gasteiger partial charge on any atom is -0.497 e. The summed E-state index contributed by atoms with van der Waals surface area (Å²) in [5.41, 5.74) is 4.44.